The van der Waals surface area contributed by atoms with Crippen molar-refractivity contribution in [2.24, 2.45) is 0 Å². The van der Waals surface area contributed by atoms with E-state index in [-0.39, 0.29) is 6.04 Å². The Kier molecular flexibility index (Phi) is 6.61. The molecule has 4 nitrogen and oxygen atoms in total. The van der Waals surface area contributed by atoms with Crippen LogP contribution in [0, 0.1) is 13.8 Å². The minimum Gasteiger partial charge on any atom is -0.256 e. The van der Waals surface area contributed by atoms with Gasteiger partial charge in [-0.3, -0.25) is 4.98 Å². The summed E-state index contributed by atoms with van der Waals surface area (Å²) in [6.45, 7) is 6.02. The van der Waals surface area contributed by atoms with Crippen LogP contribution in [0.1, 0.15) is 47.7 Å². The van der Waals surface area contributed by atoms with Gasteiger partial charge in [0.1, 0.15) is 0 Å². The van der Waals surface area contributed by atoms with Gasteiger partial charge in [-0.15, -0.1) is 0 Å². The molecule has 3 aromatic carbocycles. The van der Waals surface area contributed by atoms with Gasteiger partial charge in [-0.05, 0) is 56.0 Å². The Bertz CT molecular complexity index is 1500. The molecule has 36 heavy (non-hydrogen) atoms. The van der Waals surface area contributed by atoms with Gasteiger partial charge in [0, 0.05) is 11.8 Å². The molecule has 1 aliphatic heterocycles. The minimum atomic E-state index is -3.82. The first-order valence-electron chi connectivity index (χ1n) is 12.2. The summed E-state index contributed by atoms with van der Waals surface area (Å²) in [6.07, 6.45) is 4.60. The lowest BCUT2D eigenvalue weighted by atomic mass is 9.90. The van der Waals surface area contributed by atoms with Gasteiger partial charge < -0.3 is 0 Å². The molecule has 1 aromatic heterocycles. The molecule has 182 valence electrons. The molecule has 4 aromatic rings. The van der Waals surface area contributed by atoms with Gasteiger partial charge in [0.25, 0.3) is 0 Å². The zero-order valence-corrected chi connectivity index (χ0v) is 21.6. The van der Waals surface area contributed by atoms with Crippen molar-refractivity contribution < 1.29 is 8.42 Å². The highest BCUT2D eigenvalue weighted by Gasteiger charge is 2.41. The summed E-state index contributed by atoms with van der Waals surface area (Å²) < 4.78 is 30.2. The maximum atomic E-state index is 14.3. The molecule has 0 N–H and O–H groups in total. The van der Waals surface area contributed by atoms with Gasteiger partial charge in [0.2, 0.25) is 10.0 Å². The summed E-state index contributed by atoms with van der Waals surface area (Å²) in [6, 6.07) is 28.4. The van der Waals surface area contributed by atoms with Crippen molar-refractivity contribution in [1.82, 2.24) is 9.29 Å². The first-order chi connectivity index (χ1) is 17.4. The molecule has 0 saturated heterocycles. The first kappa shape index (κ1) is 24.2. The summed E-state index contributed by atoms with van der Waals surface area (Å²) in [4.78, 5) is 5.10. The van der Waals surface area contributed by atoms with E-state index in [1.54, 1.807) is 16.4 Å². The van der Waals surface area contributed by atoms with Crippen LogP contribution < -0.4 is 0 Å². The van der Waals surface area contributed by atoms with E-state index in [4.69, 9.17) is 4.98 Å². The molecule has 2 heterocycles. The first-order valence-corrected chi connectivity index (χ1v) is 13.6. The van der Waals surface area contributed by atoms with Gasteiger partial charge in [-0.1, -0.05) is 96.1 Å². The van der Waals surface area contributed by atoms with E-state index >= 15 is 0 Å². The van der Waals surface area contributed by atoms with Crippen molar-refractivity contribution in [2.75, 3.05) is 0 Å². The molecule has 0 aliphatic carbocycles. The van der Waals surface area contributed by atoms with Crippen LogP contribution in [-0.2, 0) is 10.0 Å². The van der Waals surface area contributed by atoms with Crippen molar-refractivity contribution in [2.45, 2.75) is 44.2 Å². The molecular weight excluding hydrogens is 464 g/mol. The van der Waals surface area contributed by atoms with Gasteiger partial charge >= 0.3 is 0 Å². The standard InChI is InChI=1S/C31H30N2O2S/c1-22-14-17-28(18-15-22)36(34,35)33-29(19-16-23(2)31(33)26-12-8-5-9-13-26)27-20-24(3)30(32-21-27)25-10-6-4-7-11-25/h4-18,20-21,29,31H,19H2,1-3H3/t29-,31-/m0/s1. The van der Waals surface area contributed by atoms with Crippen LogP contribution in [0.4, 0.5) is 0 Å². The number of hydrogen-bond donors (Lipinski definition) is 0. The SMILES string of the molecule is CC1=CC[C@@H](c2cnc(-c3ccccc3)c(C)c2)N(S(=O)(=O)c2ccc(C)cc2)[C@@H]1c1ccccc1. The van der Waals surface area contributed by atoms with Crippen molar-refractivity contribution in [3.8, 4) is 11.3 Å². The monoisotopic (exact) mass is 494 g/mol. The number of sulfonamides is 1. The molecule has 5 heteroatoms. The summed E-state index contributed by atoms with van der Waals surface area (Å²) in [5.74, 6) is 0. The Labute approximate surface area is 214 Å². The third-order valence-electron chi connectivity index (χ3n) is 6.90. The molecule has 2 atom stereocenters. The smallest absolute Gasteiger partial charge is 0.244 e. The predicted molar refractivity (Wildman–Crippen MR) is 145 cm³/mol. The van der Waals surface area contributed by atoms with Gasteiger partial charge in [0.05, 0.1) is 22.7 Å². The van der Waals surface area contributed by atoms with Crippen LogP contribution in [0.25, 0.3) is 11.3 Å². The summed E-state index contributed by atoms with van der Waals surface area (Å²) in [5.41, 5.74) is 6.88. The second kappa shape index (κ2) is 9.84. The Morgan fingerprint density at radius 3 is 2.08 bits per heavy atom. The van der Waals surface area contributed by atoms with E-state index in [1.807, 2.05) is 99.8 Å². The fourth-order valence-corrected chi connectivity index (χ4v) is 6.87. The van der Waals surface area contributed by atoms with E-state index in [0.717, 1.165) is 39.1 Å². The lowest BCUT2D eigenvalue weighted by Crippen LogP contribution is -2.40. The molecule has 0 fully saturated rings. The number of rotatable bonds is 5. The third-order valence-corrected chi connectivity index (χ3v) is 8.79. The zero-order valence-electron chi connectivity index (χ0n) is 20.8. The largest absolute Gasteiger partial charge is 0.256 e. The predicted octanol–water partition coefficient (Wildman–Crippen LogP) is 7.19. The average molecular weight is 495 g/mol. The summed E-state index contributed by atoms with van der Waals surface area (Å²) >= 11 is 0. The molecular formula is C31H30N2O2S. The van der Waals surface area contributed by atoms with Crippen LogP contribution in [0.15, 0.2) is 114 Å². The lowest BCUT2D eigenvalue weighted by Gasteiger charge is -2.41. The Morgan fingerprint density at radius 1 is 0.806 bits per heavy atom. The number of pyridine rings is 1. The van der Waals surface area contributed by atoms with Crippen molar-refractivity contribution in [3.63, 3.8) is 0 Å². The van der Waals surface area contributed by atoms with Crippen LogP contribution in [-0.4, -0.2) is 17.7 Å². The molecule has 0 radical (unpaired) electrons. The van der Waals surface area contributed by atoms with Gasteiger partial charge in [0.15, 0.2) is 0 Å². The number of aromatic nitrogens is 1. The zero-order chi connectivity index (χ0) is 25.3. The Morgan fingerprint density at radius 2 is 1.44 bits per heavy atom. The van der Waals surface area contributed by atoms with Crippen LogP contribution in [0.2, 0.25) is 0 Å². The van der Waals surface area contributed by atoms with E-state index in [2.05, 4.69) is 12.1 Å². The Hall–Kier alpha value is -3.54. The van der Waals surface area contributed by atoms with Crippen LogP contribution in [0.5, 0.6) is 0 Å². The summed E-state index contributed by atoms with van der Waals surface area (Å²) in [7, 11) is -3.82. The second-order valence-corrected chi connectivity index (χ2v) is 11.3. The van der Waals surface area contributed by atoms with Crippen LogP contribution >= 0.6 is 0 Å². The highest BCUT2D eigenvalue weighted by atomic mass is 32.2. The maximum absolute atomic E-state index is 14.3. The molecule has 0 saturated carbocycles. The molecule has 0 amide bonds. The quantitative estimate of drug-likeness (QED) is 0.276. The van der Waals surface area contributed by atoms with Gasteiger partial charge in [-0.25, -0.2) is 8.42 Å². The van der Waals surface area contributed by atoms with E-state index in [1.165, 1.54) is 0 Å². The third kappa shape index (κ3) is 4.52. The minimum absolute atomic E-state index is 0.305. The number of benzene rings is 3. The van der Waals surface area contributed by atoms with Crippen molar-refractivity contribution in [3.05, 3.63) is 131 Å². The number of aryl methyl sites for hydroxylation is 2. The number of nitrogens with zero attached hydrogens (tertiary/aromatic N) is 2. The van der Waals surface area contributed by atoms with Crippen LogP contribution in [0.3, 0.4) is 0 Å². The fraction of sp³-hybridized carbons (Fsp3) is 0.194. The van der Waals surface area contributed by atoms with Crippen molar-refractivity contribution in [1.29, 1.82) is 0 Å². The van der Waals surface area contributed by atoms with E-state index < -0.39 is 16.1 Å². The Balaban J connectivity index is 1.65. The fourth-order valence-electron chi connectivity index (χ4n) is 5.04. The highest BCUT2D eigenvalue weighted by Crippen LogP contribution is 2.45. The average Bonchev–Trinajstić information content (AvgIpc) is 2.89. The second-order valence-electron chi connectivity index (χ2n) is 9.46. The van der Waals surface area contributed by atoms with E-state index in [9.17, 15) is 8.42 Å². The van der Waals surface area contributed by atoms with E-state index in [0.29, 0.717) is 11.3 Å². The number of hydrogen-bond acceptors (Lipinski definition) is 3. The van der Waals surface area contributed by atoms with Crippen molar-refractivity contribution >= 4 is 10.0 Å². The molecule has 0 unspecified atom stereocenters. The molecule has 1 aliphatic rings. The normalized spacial score (nSPS) is 18.6. The van der Waals surface area contributed by atoms with Gasteiger partial charge in [-0.2, -0.15) is 4.31 Å². The lowest BCUT2D eigenvalue weighted by molar-refractivity contribution is 0.261. The molecule has 0 spiro atoms. The highest BCUT2D eigenvalue weighted by molar-refractivity contribution is 7.89. The maximum Gasteiger partial charge on any atom is 0.244 e. The topological polar surface area (TPSA) is 50.3 Å². The molecule has 0 bridgehead atoms. The summed E-state index contributed by atoms with van der Waals surface area (Å²) in [5, 5.41) is 0. The molecule has 5 rings (SSSR count).